The molecule has 2 aliphatic rings. The van der Waals surface area contributed by atoms with Crippen molar-refractivity contribution in [3.8, 4) is 17.2 Å². The minimum Gasteiger partial charge on any atom is -0.497 e. The summed E-state index contributed by atoms with van der Waals surface area (Å²) in [4.78, 5) is 6.25. The summed E-state index contributed by atoms with van der Waals surface area (Å²) in [7, 11) is 335. The summed E-state index contributed by atoms with van der Waals surface area (Å²) in [5, 5.41) is 1.18. The van der Waals surface area contributed by atoms with Crippen LogP contribution in [-0.2, 0) is 12.8 Å². The summed E-state index contributed by atoms with van der Waals surface area (Å²) in [6.45, 7) is 3.48. The van der Waals surface area contributed by atoms with Crippen LogP contribution >= 0.6 is 0 Å². The van der Waals surface area contributed by atoms with Crippen molar-refractivity contribution in [1.29, 1.82) is 0 Å². The first-order chi connectivity index (χ1) is 59.4. The van der Waals surface area contributed by atoms with Crippen LogP contribution in [0.4, 0.5) is 4.39 Å². The molecule has 0 saturated heterocycles. The number of ether oxygens (including phenoxy) is 3. The van der Waals surface area contributed by atoms with Crippen molar-refractivity contribution >= 4 is 669 Å². The van der Waals surface area contributed by atoms with Crippen LogP contribution in [0.1, 0.15) is 47.0 Å². The molecule has 99 heteroatoms. The molecule has 0 spiro atoms. The Labute approximate surface area is 854 Å². The van der Waals surface area contributed by atoms with Crippen molar-refractivity contribution in [2.75, 3.05) is 27.4 Å². The highest BCUT2D eigenvalue weighted by molar-refractivity contribution is 8.43. The van der Waals surface area contributed by atoms with E-state index in [1.54, 1.807) is 26.4 Å². The molecule has 0 aliphatic carbocycles. The van der Waals surface area contributed by atoms with Crippen LogP contribution in [0.25, 0.3) is 10.9 Å². The zero-order valence-corrected chi connectivity index (χ0v) is 73.9. The van der Waals surface area contributed by atoms with Gasteiger partial charge in [-0.15, -0.1) is 0 Å². The highest BCUT2D eigenvalue weighted by atomic mass is 19.1. The highest BCUT2D eigenvalue weighted by Crippen LogP contribution is 2.50. The molecule has 1 aromatic heterocycles. The number of methoxy groups -OCH3 is 2. The summed E-state index contributed by atoms with van der Waals surface area (Å²) < 4.78 is 31.0. The quantitative estimate of drug-likeness (QED) is 0.0448. The number of aromatic nitrogens is 1. The Morgan fingerprint density at radius 2 is 0.625 bits per heavy atom. The van der Waals surface area contributed by atoms with Gasteiger partial charge in [-0.1, -0.05) is 12.1 Å². The molecule has 459 valence electrons. The number of rotatable bonds is 50. The van der Waals surface area contributed by atoms with Gasteiger partial charge in [0.1, 0.15) is 11.6 Å². The first kappa shape index (κ1) is 121. The summed E-state index contributed by atoms with van der Waals surface area (Å²) >= 11 is 0. The van der Waals surface area contributed by atoms with Gasteiger partial charge in [0, 0.05) is 687 Å². The largest absolute Gasteiger partial charge is 0.497 e. The minimum atomic E-state index is -2.17. The Bertz CT molecular complexity index is 3500. The maximum Gasteiger partial charge on any atom is 0.161 e. The monoisotopic (exact) mass is 1500 g/mol. The average molecular weight is 1480 g/mol. The zero-order valence-electron chi connectivity index (χ0n) is 73.9. The van der Waals surface area contributed by atoms with Crippen molar-refractivity contribution in [2.45, 2.75) is 31.8 Å². The van der Waals surface area contributed by atoms with Crippen LogP contribution in [0.5, 0.6) is 17.2 Å². The number of H-pyrrole nitrogens is 1. The van der Waals surface area contributed by atoms with Crippen LogP contribution in [0, 0.1) is 5.82 Å². The summed E-state index contributed by atoms with van der Waals surface area (Å²) in [5.74, 6) is 2.18. The third kappa shape index (κ3) is 29.2. The molecule has 5 nitrogen and oxygen atoms in total. The molecule has 4 aromatic rings. The van der Waals surface area contributed by atoms with E-state index < -0.39 is 287 Å². The highest BCUT2D eigenvalue weighted by Gasteiger charge is 2.68. The molecule has 2 atom stereocenters. The van der Waals surface area contributed by atoms with Crippen LogP contribution < -0.4 is 14.2 Å². The Morgan fingerprint density at radius 3 is 0.883 bits per heavy atom. The van der Waals surface area contributed by atoms with Crippen LogP contribution in [-0.4, -0.2) is 695 Å². The number of benzene rings is 3. The fourth-order valence-corrected chi connectivity index (χ4v) is 22.6. The lowest BCUT2D eigenvalue weighted by molar-refractivity contribution is 0.127. The van der Waals surface area contributed by atoms with E-state index in [4.69, 9.17) is 378 Å². The molecular weight excluding hydrogens is 1450 g/mol. The van der Waals surface area contributed by atoms with Gasteiger partial charge in [-0.2, -0.15) is 0 Å². The first-order valence-electron chi connectivity index (χ1n) is 42.8. The fourth-order valence-electron chi connectivity index (χ4n) is 22.6. The van der Waals surface area contributed by atoms with E-state index in [2.05, 4.69) is 34.1 Å². The molecule has 3 heterocycles. The lowest BCUT2D eigenvalue weighted by Crippen LogP contribution is -3.01. The average Bonchev–Trinajstić information content (AvgIpc) is 1.62. The summed E-state index contributed by atoms with van der Waals surface area (Å²) in [5.41, 5.74) is 7.21. The Kier molecular flexibility index (Phi) is 51.8. The maximum atomic E-state index is 13.9. The number of nitrogens with zero attached hydrogens (tertiary/aromatic N) is 1. The van der Waals surface area contributed by atoms with Gasteiger partial charge < -0.3 is 19.2 Å². The lowest BCUT2D eigenvalue weighted by atomic mass is 8.19. The van der Waals surface area contributed by atoms with Crippen LogP contribution in [0.3, 0.4) is 0 Å². The normalized spacial score (nSPS) is 12.3. The van der Waals surface area contributed by atoms with Crippen molar-refractivity contribution in [3.63, 3.8) is 0 Å². The smallest absolute Gasteiger partial charge is 0.161 e. The molecule has 1 N–H and O–H groups in total. The van der Waals surface area contributed by atoms with E-state index in [0.717, 1.165) is 54.8 Å². The molecule has 95 radical (unpaired) electrons. The zero-order chi connectivity index (χ0) is 97.8. The van der Waals surface area contributed by atoms with Gasteiger partial charge in [-0.05, 0) is 84.5 Å². The third-order valence-corrected chi connectivity index (χ3v) is 27.2. The number of hydrogen-bond donors (Lipinski definition) is 1. The molecule has 0 saturated carbocycles. The van der Waals surface area contributed by atoms with E-state index in [1.165, 1.54) is 27.8 Å². The van der Waals surface area contributed by atoms with E-state index in [9.17, 15) is 4.39 Å². The molecule has 0 amide bonds. The van der Waals surface area contributed by atoms with E-state index in [-0.39, 0.29) is 17.9 Å². The van der Waals surface area contributed by atoms with Crippen molar-refractivity contribution in [3.05, 3.63) is 88.4 Å². The fraction of sp³-hybridized carbons (Fsp3) is 0.310. The van der Waals surface area contributed by atoms with Gasteiger partial charge in [0.2, 0.25) is 0 Å². The van der Waals surface area contributed by atoms with E-state index in [1.807, 2.05) is 25.1 Å². The Hall–Kier alpha value is 2.53. The van der Waals surface area contributed by atoms with Crippen molar-refractivity contribution in [1.82, 2.24) is 9.88 Å². The second-order valence-corrected chi connectivity index (χ2v) is 35.4. The number of hydrogen-bond acceptors (Lipinski definition) is 4. The number of halogens is 1. The van der Waals surface area contributed by atoms with Gasteiger partial charge in [0.05, 0.1) is 26.9 Å². The van der Waals surface area contributed by atoms with Gasteiger partial charge in [0.15, 0.2) is 11.5 Å². The Morgan fingerprint density at radius 1 is 0.344 bits per heavy atom. The summed E-state index contributed by atoms with van der Waals surface area (Å²) in [6, 6.07) is 17.6. The standard InChI is InChI=1S/C29H29FN2O3.B93/c1-4-35-27-13-18-11-12-32-25(21(18)16-26(27)34-3)15-23-22-14-20(33-2)9-10-24(22)31-28(23)29(32)17-5-7-19(30)8-6-17;1-48-72(49(2)3)84(73(50(4)5)51(6)7)90(85(74(52(8)9)53(10)11)75(54(12)13)55(14)15)93(91(86(76(56(16)17)57(18)19)77(58(20)21)59(22)23)87(78(60(24)25)61(26)27)79(62(28)29)63(30)31)92(88(80(64(32)33)65(34)35)81(66(36)37)67(38)39)89(82(68(40)41)69(42)43)83(70(44)45)71(46)47/h5-10,13-14,16,25,29,31H,4,11-12,15H2,1-3H3;. The van der Waals surface area contributed by atoms with Crippen LogP contribution in [0.2, 0.25) is 0 Å². The van der Waals surface area contributed by atoms with Gasteiger partial charge in [-0.25, -0.2) is 4.39 Å². The molecule has 2 unspecified atom stereocenters. The Balaban J connectivity index is 0.000000673. The predicted molar refractivity (Wildman–Crippen MR) is 669 cm³/mol. The summed E-state index contributed by atoms with van der Waals surface area (Å²) in [6.07, 6.45) is -79.8. The number of aromatic amines is 1. The van der Waals surface area contributed by atoms with E-state index >= 15 is 0 Å². The van der Waals surface area contributed by atoms with Gasteiger partial charge in [-0.3, -0.25) is 4.90 Å². The molecule has 6 rings (SSSR count). The minimum absolute atomic E-state index is 0.00606. The predicted octanol–water partition coefficient (Wildman–Crippen LogP) is -29.4. The molecule has 128 heavy (non-hydrogen) atoms. The molecule has 0 fully saturated rings. The molecule has 3 aromatic carbocycles. The SMILES string of the molecule is CCOc1cc2c(cc1OC)C1Cc3c([nH]c4ccc(OC)cc34)C(c3ccc(F)cc3)N1CC2.[B][B]B(B([B])[B])B(B(B([B])[B])B([B])[B])B(B(B(B([B])[B])B([B])[B])B(B([B])[B])B([B])[B])B(B(B(B(B([B])[B])B([B])[B])B(B([B])[B])B([B])[B])B(B(B([B])[B])B([B])[B])B(B([B])[B])B([B])[B])B(B(B(B([B])[B])B([B])[B])B(B([B])[B])B([B])[B])B(B(B([B])[B])B([B])[B])B(B([B])[B])B([B])[B]. The second-order valence-electron chi connectivity index (χ2n) is 35.4. The van der Waals surface area contributed by atoms with E-state index in [0.29, 0.717) is 6.61 Å². The van der Waals surface area contributed by atoms with Gasteiger partial charge >= 0.3 is 0 Å². The number of fused-ring (bicyclic) bond motifs is 6. The first-order valence-corrected chi connectivity index (χ1v) is 42.8. The third-order valence-electron chi connectivity index (χ3n) is 27.2. The van der Waals surface area contributed by atoms with Crippen LogP contribution in [0.15, 0.2) is 54.6 Å². The molecular formula is C29H29B93FN2O3. The van der Waals surface area contributed by atoms with Gasteiger partial charge in [0.25, 0.3) is 0 Å². The topological polar surface area (TPSA) is 46.7 Å². The second kappa shape index (κ2) is 54.8. The molecule has 0 bridgehead atoms. The van der Waals surface area contributed by atoms with Crippen molar-refractivity contribution in [2.24, 2.45) is 0 Å². The molecule has 2 aliphatic heterocycles. The number of nitrogens with one attached hydrogen (secondary N) is 1. The lowest BCUT2D eigenvalue weighted by Gasteiger charge is -2.63. The maximum absolute atomic E-state index is 13.9. The van der Waals surface area contributed by atoms with Crippen molar-refractivity contribution < 1.29 is 18.6 Å².